The SMILES string of the molecule is Cc1nc2nc(Cl)nn2c(-c2ccc(CC(C)C)cc2)c1C(N)=O. The van der Waals surface area contributed by atoms with Crippen LogP contribution >= 0.6 is 11.6 Å². The largest absolute Gasteiger partial charge is 0.365 e. The lowest BCUT2D eigenvalue weighted by atomic mass is 9.99. The van der Waals surface area contributed by atoms with Gasteiger partial charge in [-0.3, -0.25) is 4.79 Å². The Morgan fingerprint density at radius 2 is 1.92 bits per heavy atom. The quantitative estimate of drug-likeness (QED) is 0.788. The first-order valence-corrected chi connectivity index (χ1v) is 8.06. The molecule has 0 bridgehead atoms. The highest BCUT2D eigenvalue weighted by Gasteiger charge is 2.21. The number of benzene rings is 1. The van der Waals surface area contributed by atoms with Crippen molar-refractivity contribution < 1.29 is 4.79 Å². The van der Waals surface area contributed by atoms with E-state index in [4.69, 9.17) is 17.3 Å². The Morgan fingerprint density at radius 3 is 2.50 bits per heavy atom. The molecule has 1 aromatic carbocycles. The third-order valence-corrected chi connectivity index (χ3v) is 3.92. The minimum absolute atomic E-state index is 0.0706. The first kappa shape index (κ1) is 16.4. The van der Waals surface area contributed by atoms with Crippen LogP contribution in [-0.4, -0.2) is 25.5 Å². The van der Waals surface area contributed by atoms with E-state index in [0.717, 1.165) is 12.0 Å². The number of aromatic nitrogens is 4. The van der Waals surface area contributed by atoms with Crippen molar-refractivity contribution >= 4 is 23.3 Å². The predicted molar refractivity (Wildman–Crippen MR) is 93.0 cm³/mol. The standard InChI is InChI=1S/C17H18ClN5O/c1-9(2)8-11-4-6-12(7-5-11)14-13(15(19)24)10(3)20-17-21-16(18)22-23(14)17/h4-7,9H,8H2,1-3H3,(H2,19,24). The average Bonchev–Trinajstić information content (AvgIpc) is 2.85. The molecule has 0 aliphatic heterocycles. The van der Waals surface area contributed by atoms with Gasteiger partial charge in [0.2, 0.25) is 5.28 Å². The first-order chi connectivity index (χ1) is 11.4. The molecule has 0 spiro atoms. The molecule has 0 atom stereocenters. The number of nitrogens with zero attached hydrogens (tertiary/aromatic N) is 4. The highest BCUT2D eigenvalue weighted by molar-refractivity contribution is 6.28. The summed E-state index contributed by atoms with van der Waals surface area (Å²) in [4.78, 5) is 20.3. The average molecular weight is 344 g/mol. The molecule has 0 unspecified atom stereocenters. The third kappa shape index (κ3) is 2.97. The lowest BCUT2D eigenvalue weighted by Crippen LogP contribution is -2.18. The second-order valence-corrected chi connectivity index (χ2v) is 6.51. The number of rotatable bonds is 4. The van der Waals surface area contributed by atoms with Crippen molar-refractivity contribution in [3.05, 3.63) is 46.4 Å². The second-order valence-electron chi connectivity index (χ2n) is 6.17. The van der Waals surface area contributed by atoms with Crippen LogP contribution in [0.3, 0.4) is 0 Å². The number of hydrogen-bond donors (Lipinski definition) is 1. The number of amides is 1. The van der Waals surface area contributed by atoms with E-state index < -0.39 is 5.91 Å². The number of halogens is 1. The van der Waals surface area contributed by atoms with Gasteiger partial charge in [-0.05, 0) is 36.4 Å². The third-order valence-electron chi connectivity index (χ3n) is 3.76. The van der Waals surface area contributed by atoms with E-state index in [1.807, 2.05) is 24.3 Å². The van der Waals surface area contributed by atoms with E-state index in [9.17, 15) is 4.79 Å². The number of carbonyl (C=O) groups excluding carboxylic acids is 1. The van der Waals surface area contributed by atoms with Crippen molar-refractivity contribution in [3.63, 3.8) is 0 Å². The fraction of sp³-hybridized carbons (Fsp3) is 0.294. The van der Waals surface area contributed by atoms with E-state index in [-0.39, 0.29) is 5.28 Å². The number of aryl methyl sites for hydroxylation is 1. The minimum atomic E-state index is -0.560. The molecule has 2 aromatic heterocycles. The fourth-order valence-electron chi connectivity index (χ4n) is 2.82. The molecular formula is C17H18ClN5O. The molecule has 3 aromatic rings. The van der Waals surface area contributed by atoms with Gasteiger partial charge in [0.1, 0.15) is 0 Å². The Balaban J connectivity index is 2.23. The van der Waals surface area contributed by atoms with Crippen molar-refractivity contribution in [1.29, 1.82) is 0 Å². The van der Waals surface area contributed by atoms with E-state index in [0.29, 0.717) is 28.6 Å². The summed E-state index contributed by atoms with van der Waals surface area (Å²) in [6, 6.07) is 7.99. The normalized spacial score (nSPS) is 11.4. The van der Waals surface area contributed by atoms with Crippen LogP contribution in [0.4, 0.5) is 0 Å². The molecule has 24 heavy (non-hydrogen) atoms. The van der Waals surface area contributed by atoms with Gasteiger partial charge in [0.25, 0.3) is 11.7 Å². The zero-order valence-corrected chi connectivity index (χ0v) is 14.5. The molecule has 2 heterocycles. The molecule has 2 N–H and O–H groups in total. The maximum absolute atomic E-state index is 12.0. The van der Waals surface area contributed by atoms with Crippen LogP contribution < -0.4 is 5.73 Å². The Hall–Kier alpha value is -2.47. The van der Waals surface area contributed by atoms with Gasteiger partial charge in [-0.1, -0.05) is 38.1 Å². The molecule has 124 valence electrons. The summed E-state index contributed by atoms with van der Waals surface area (Å²) in [5.41, 5.74) is 8.99. The van der Waals surface area contributed by atoms with E-state index in [1.54, 1.807) is 6.92 Å². The van der Waals surface area contributed by atoms with E-state index >= 15 is 0 Å². The molecule has 0 aliphatic rings. The monoisotopic (exact) mass is 343 g/mol. The summed E-state index contributed by atoms with van der Waals surface area (Å²) >= 11 is 5.91. The molecule has 7 heteroatoms. The number of primary amides is 1. The molecule has 0 radical (unpaired) electrons. The zero-order valence-electron chi connectivity index (χ0n) is 13.7. The maximum atomic E-state index is 12.0. The molecule has 3 rings (SSSR count). The van der Waals surface area contributed by atoms with Gasteiger partial charge in [-0.2, -0.15) is 9.50 Å². The van der Waals surface area contributed by atoms with Crippen LogP contribution in [0.2, 0.25) is 5.28 Å². The highest BCUT2D eigenvalue weighted by Crippen LogP contribution is 2.27. The van der Waals surface area contributed by atoms with Crippen LogP contribution in [0.25, 0.3) is 17.0 Å². The van der Waals surface area contributed by atoms with Crippen LogP contribution in [0.15, 0.2) is 24.3 Å². The topological polar surface area (TPSA) is 86.2 Å². The van der Waals surface area contributed by atoms with Crippen LogP contribution in [0.5, 0.6) is 0 Å². The van der Waals surface area contributed by atoms with Gasteiger partial charge in [-0.25, -0.2) is 4.98 Å². The molecule has 6 nitrogen and oxygen atoms in total. The molecule has 1 amide bonds. The van der Waals surface area contributed by atoms with Crippen LogP contribution in [0, 0.1) is 12.8 Å². The summed E-state index contributed by atoms with van der Waals surface area (Å²) in [6.07, 6.45) is 0.989. The molecular weight excluding hydrogens is 326 g/mol. The van der Waals surface area contributed by atoms with Crippen molar-refractivity contribution in [2.24, 2.45) is 11.7 Å². The van der Waals surface area contributed by atoms with Crippen molar-refractivity contribution in [2.75, 3.05) is 0 Å². The van der Waals surface area contributed by atoms with Gasteiger partial charge in [0, 0.05) is 5.56 Å². The molecule has 0 saturated carbocycles. The smallest absolute Gasteiger partial charge is 0.254 e. The highest BCUT2D eigenvalue weighted by atomic mass is 35.5. The minimum Gasteiger partial charge on any atom is -0.365 e. The lowest BCUT2D eigenvalue weighted by molar-refractivity contribution is 0.0999. The van der Waals surface area contributed by atoms with E-state index in [1.165, 1.54) is 10.1 Å². The number of carbonyl (C=O) groups is 1. The summed E-state index contributed by atoms with van der Waals surface area (Å²) in [5.74, 6) is 0.347. The second kappa shape index (κ2) is 6.20. The Kier molecular flexibility index (Phi) is 4.24. The Morgan fingerprint density at radius 1 is 1.25 bits per heavy atom. The van der Waals surface area contributed by atoms with Crippen LogP contribution in [0.1, 0.15) is 35.5 Å². The zero-order chi connectivity index (χ0) is 17.4. The predicted octanol–water partition coefficient (Wildman–Crippen LogP) is 3.05. The first-order valence-electron chi connectivity index (χ1n) is 7.68. The maximum Gasteiger partial charge on any atom is 0.254 e. The fourth-order valence-corrected chi connectivity index (χ4v) is 2.97. The van der Waals surface area contributed by atoms with Gasteiger partial charge in [0.05, 0.1) is 17.0 Å². The van der Waals surface area contributed by atoms with E-state index in [2.05, 4.69) is 28.9 Å². The molecule has 0 fully saturated rings. The summed E-state index contributed by atoms with van der Waals surface area (Å²) < 4.78 is 1.47. The molecule has 0 saturated heterocycles. The van der Waals surface area contributed by atoms with Crippen molar-refractivity contribution in [2.45, 2.75) is 27.2 Å². The molecule has 0 aliphatic carbocycles. The van der Waals surface area contributed by atoms with Crippen molar-refractivity contribution in [3.8, 4) is 11.3 Å². The lowest BCUT2D eigenvalue weighted by Gasteiger charge is -2.12. The number of fused-ring (bicyclic) bond motifs is 1. The van der Waals surface area contributed by atoms with Gasteiger partial charge in [-0.15, -0.1) is 5.10 Å². The Labute approximate surface area is 144 Å². The Bertz CT molecular complexity index is 915. The van der Waals surface area contributed by atoms with Crippen molar-refractivity contribution in [1.82, 2.24) is 19.6 Å². The number of hydrogen-bond acceptors (Lipinski definition) is 4. The van der Waals surface area contributed by atoms with Gasteiger partial charge < -0.3 is 5.73 Å². The van der Waals surface area contributed by atoms with Gasteiger partial charge in [0.15, 0.2) is 0 Å². The number of nitrogens with two attached hydrogens (primary N) is 1. The summed E-state index contributed by atoms with van der Waals surface area (Å²) in [5, 5.41) is 4.22. The van der Waals surface area contributed by atoms with Crippen LogP contribution in [-0.2, 0) is 6.42 Å². The van der Waals surface area contributed by atoms with Gasteiger partial charge >= 0.3 is 0 Å². The summed E-state index contributed by atoms with van der Waals surface area (Å²) in [7, 11) is 0. The summed E-state index contributed by atoms with van der Waals surface area (Å²) in [6.45, 7) is 6.07.